The lowest BCUT2D eigenvalue weighted by Crippen LogP contribution is -2.38. The number of thiophene rings is 1. The topological polar surface area (TPSA) is 115 Å². The fourth-order valence-electron chi connectivity index (χ4n) is 3.69. The smallest absolute Gasteiger partial charge is 0.352 e. The summed E-state index contributed by atoms with van der Waals surface area (Å²) in [7, 11) is 0. The second-order valence-electron chi connectivity index (χ2n) is 7.74. The number of para-hydroxylation sites is 1. The number of halogens is 1. The summed E-state index contributed by atoms with van der Waals surface area (Å²) in [6.45, 7) is 1.99. The number of hydrogen-bond donors (Lipinski definition) is 2. The Morgan fingerprint density at radius 1 is 1.24 bits per heavy atom. The monoisotopic (exact) mass is 486 g/mol. The number of aromatic nitrogens is 2. The molecule has 1 fully saturated rings. The number of hydrogen-bond acceptors (Lipinski definition) is 6. The number of carboxylic acids is 1. The Kier molecular flexibility index (Phi) is 7.12. The fourth-order valence-corrected chi connectivity index (χ4v) is 4.69. The molecule has 0 unspecified atom stereocenters. The van der Waals surface area contributed by atoms with Gasteiger partial charge in [0.2, 0.25) is 6.41 Å². The largest absolute Gasteiger partial charge is 0.477 e. The van der Waals surface area contributed by atoms with Crippen molar-refractivity contribution in [3.05, 3.63) is 64.3 Å². The van der Waals surface area contributed by atoms with Gasteiger partial charge in [-0.05, 0) is 37.1 Å². The second-order valence-corrected chi connectivity index (χ2v) is 9.46. The molecule has 3 aromatic heterocycles. The molecule has 0 radical (unpaired) electrons. The van der Waals surface area contributed by atoms with Gasteiger partial charge in [-0.15, -0.1) is 11.3 Å². The summed E-state index contributed by atoms with van der Waals surface area (Å²) in [5.74, 6) is -0.352. The Balaban J connectivity index is 0.000000243. The van der Waals surface area contributed by atoms with E-state index in [1.165, 1.54) is 11.3 Å². The van der Waals surface area contributed by atoms with Gasteiger partial charge in [-0.2, -0.15) is 0 Å². The van der Waals surface area contributed by atoms with Gasteiger partial charge in [0.15, 0.2) is 5.76 Å². The normalized spacial score (nSPS) is 14.2. The van der Waals surface area contributed by atoms with Gasteiger partial charge in [0.1, 0.15) is 11.4 Å². The third kappa shape index (κ3) is 5.44. The van der Waals surface area contributed by atoms with Crippen molar-refractivity contribution in [2.75, 3.05) is 13.1 Å². The molecule has 4 heterocycles. The number of benzene rings is 1. The highest BCUT2D eigenvalue weighted by atomic mass is 35.5. The summed E-state index contributed by atoms with van der Waals surface area (Å²) < 4.78 is 7.76. The number of piperidine rings is 1. The first-order valence-corrected chi connectivity index (χ1v) is 11.6. The van der Waals surface area contributed by atoms with Crippen LogP contribution in [-0.2, 0) is 11.3 Å². The van der Waals surface area contributed by atoms with E-state index in [9.17, 15) is 14.7 Å². The molecule has 0 atom stereocenters. The number of carboxylic acid groups (broad SMARTS) is 1. The van der Waals surface area contributed by atoms with Crippen LogP contribution in [-0.4, -0.2) is 51.2 Å². The first kappa shape index (κ1) is 23.0. The molecule has 8 nitrogen and oxygen atoms in total. The zero-order chi connectivity index (χ0) is 23.4. The van der Waals surface area contributed by atoms with Crippen LogP contribution >= 0.6 is 22.9 Å². The predicted octanol–water partition coefficient (Wildman–Crippen LogP) is 4.32. The molecule has 172 valence electrons. The highest BCUT2D eigenvalue weighted by molar-refractivity contribution is 7.19. The molecule has 0 saturated carbocycles. The van der Waals surface area contributed by atoms with Crippen LogP contribution < -0.4 is 5.73 Å². The van der Waals surface area contributed by atoms with Crippen LogP contribution in [0.25, 0.3) is 21.5 Å². The van der Waals surface area contributed by atoms with Crippen LogP contribution in [0.5, 0.6) is 0 Å². The molecule has 1 aliphatic rings. The van der Waals surface area contributed by atoms with Crippen LogP contribution in [0.15, 0.2) is 53.1 Å². The van der Waals surface area contributed by atoms with Crippen molar-refractivity contribution in [3.8, 4) is 10.6 Å². The van der Waals surface area contributed by atoms with Crippen LogP contribution in [0.1, 0.15) is 29.0 Å². The molecule has 0 bridgehead atoms. The molecule has 0 aliphatic carbocycles. The zero-order valence-electron chi connectivity index (χ0n) is 17.7. The van der Waals surface area contributed by atoms with Gasteiger partial charge in [0, 0.05) is 36.1 Å². The lowest BCUT2D eigenvalue weighted by Gasteiger charge is -2.26. The molecule has 3 N–H and O–H groups in total. The maximum atomic E-state index is 11.5. The molecule has 1 aromatic carbocycles. The minimum atomic E-state index is -0.972. The van der Waals surface area contributed by atoms with Crippen molar-refractivity contribution in [2.24, 2.45) is 5.73 Å². The van der Waals surface area contributed by atoms with Crippen molar-refractivity contribution in [3.63, 3.8) is 0 Å². The Bertz CT molecular complexity index is 1260. The number of carbonyl (C=O) groups is 2. The van der Waals surface area contributed by atoms with E-state index in [0.29, 0.717) is 28.4 Å². The SMILES string of the molecule is NC1CCN(C=O)CC1.O=C(O)c1cc2ccccc2n1Cc1cc(-c2ccc(Cl)s2)on1. The molecule has 33 heavy (non-hydrogen) atoms. The molecular weight excluding hydrogens is 464 g/mol. The minimum absolute atomic E-state index is 0.222. The van der Waals surface area contributed by atoms with Crippen LogP contribution in [0, 0.1) is 0 Å². The second kappa shape index (κ2) is 10.2. The highest BCUT2D eigenvalue weighted by Gasteiger charge is 2.17. The van der Waals surface area contributed by atoms with Gasteiger partial charge in [-0.25, -0.2) is 4.79 Å². The van der Waals surface area contributed by atoms with Crippen molar-refractivity contribution >= 4 is 46.2 Å². The number of aromatic carboxylic acids is 1. The molecule has 4 aromatic rings. The number of likely N-dealkylation sites (tertiary alicyclic amines) is 1. The molecule has 0 spiro atoms. The molecular formula is C23H23ClN4O4S. The summed E-state index contributed by atoms with van der Waals surface area (Å²) in [5.41, 5.74) is 7.33. The maximum Gasteiger partial charge on any atom is 0.352 e. The van der Waals surface area contributed by atoms with E-state index < -0.39 is 5.97 Å². The first-order valence-electron chi connectivity index (χ1n) is 10.4. The number of amides is 1. The fraction of sp³-hybridized carbons (Fsp3) is 0.261. The van der Waals surface area contributed by atoms with Gasteiger partial charge in [-0.1, -0.05) is 35.0 Å². The Morgan fingerprint density at radius 3 is 2.67 bits per heavy atom. The van der Waals surface area contributed by atoms with E-state index >= 15 is 0 Å². The number of rotatable bonds is 5. The maximum absolute atomic E-state index is 11.5. The number of nitrogens with zero attached hydrogens (tertiary/aromatic N) is 3. The van der Waals surface area contributed by atoms with E-state index in [-0.39, 0.29) is 5.69 Å². The van der Waals surface area contributed by atoms with E-state index in [2.05, 4.69) is 5.16 Å². The van der Waals surface area contributed by atoms with Gasteiger partial charge in [0.05, 0.1) is 15.8 Å². The van der Waals surface area contributed by atoms with E-state index in [4.69, 9.17) is 21.9 Å². The van der Waals surface area contributed by atoms with E-state index in [1.807, 2.05) is 36.4 Å². The number of fused-ring (bicyclic) bond motifs is 1. The Hall–Kier alpha value is -3.14. The summed E-state index contributed by atoms with van der Waals surface area (Å²) in [6.07, 6.45) is 2.81. The third-order valence-corrected chi connectivity index (χ3v) is 6.69. The zero-order valence-corrected chi connectivity index (χ0v) is 19.3. The van der Waals surface area contributed by atoms with Crippen molar-refractivity contribution in [1.29, 1.82) is 0 Å². The number of carbonyl (C=O) groups excluding carboxylic acids is 1. The van der Waals surface area contributed by atoms with Crippen LogP contribution in [0.3, 0.4) is 0 Å². The average molecular weight is 487 g/mol. The predicted molar refractivity (Wildman–Crippen MR) is 128 cm³/mol. The lowest BCUT2D eigenvalue weighted by atomic mass is 10.1. The third-order valence-electron chi connectivity index (χ3n) is 5.45. The lowest BCUT2D eigenvalue weighted by molar-refractivity contribution is -0.119. The quantitative estimate of drug-likeness (QED) is 0.406. The molecule has 5 rings (SSSR count). The highest BCUT2D eigenvalue weighted by Crippen LogP contribution is 2.31. The summed E-state index contributed by atoms with van der Waals surface area (Å²) in [5, 5.41) is 14.4. The van der Waals surface area contributed by atoms with Crippen LogP contribution in [0.2, 0.25) is 4.34 Å². The summed E-state index contributed by atoms with van der Waals surface area (Å²) in [4.78, 5) is 24.3. The van der Waals surface area contributed by atoms with Crippen molar-refractivity contribution in [2.45, 2.75) is 25.4 Å². The van der Waals surface area contributed by atoms with E-state index in [1.54, 1.807) is 21.6 Å². The summed E-state index contributed by atoms with van der Waals surface area (Å²) >= 11 is 7.34. The van der Waals surface area contributed by atoms with Gasteiger partial charge < -0.3 is 24.8 Å². The van der Waals surface area contributed by atoms with Gasteiger partial charge in [-0.3, -0.25) is 4.79 Å². The molecule has 1 saturated heterocycles. The van der Waals surface area contributed by atoms with Crippen molar-refractivity contribution < 1.29 is 19.2 Å². The average Bonchev–Trinajstić information content (AvgIpc) is 3.54. The summed E-state index contributed by atoms with van der Waals surface area (Å²) in [6, 6.07) is 15.0. The Labute approximate surface area is 199 Å². The van der Waals surface area contributed by atoms with Gasteiger partial charge in [0.25, 0.3) is 0 Å². The molecule has 1 aliphatic heterocycles. The Morgan fingerprint density at radius 2 is 2.00 bits per heavy atom. The minimum Gasteiger partial charge on any atom is -0.477 e. The van der Waals surface area contributed by atoms with Gasteiger partial charge >= 0.3 is 5.97 Å². The molecule has 1 amide bonds. The van der Waals surface area contributed by atoms with Crippen molar-refractivity contribution in [1.82, 2.24) is 14.6 Å². The number of nitrogens with two attached hydrogens (primary N) is 1. The molecule has 10 heteroatoms. The first-order chi connectivity index (χ1) is 15.9. The van der Waals surface area contributed by atoms with Crippen LogP contribution in [0.4, 0.5) is 0 Å². The standard InChI is InChI=1S/C17H11ClN2O3S.C6H12N2O/c18-16-6-5-15(24-16)14-8-11(19-23-14)9-20-12-4-2-1-3-10(12)7-13(20)17(21)22;7-6-1-3-8(5-9)4-2-6/h1-8H,9H2,(H,21,22);5-6H,1-4,7H2. The van der Waals surface area contributed by atoms with E-state index in [0.717, 1.165) is 48.1 Å².